The second kappa shape index (κ2) is 12.9. The van der Waals surface area contributed by atoms with E-state index in [2.05, 4.69) is 9.80 Å². The SMILES string of the molecule is COc1ccc(N2CCN(CC(O)COc3c(C)cc(O)c4ccccc34)CC2)c(OC)c1.Cl.Cl. The summed E-state index contributed by atoms with van der Waals surface area (Å²) in [4.78, 5) is 4.55. The van der Waals surface area contributed by atoms with E-state index in [-0.39, 0.29) is 37.2 Å². The van der Waals surface area contributed by atoms with E-state index in [1.165, 1.54) is 0 Å². The van der Waals surface area contributed by atoms with Gasteiger partial charge in [0.2, 0.25) is 0 Å². The highest BCUT2D eigenvalue weighted by Crippen LogP contribution is 2.36. The van der Waals surface area contributed by atoms with Gasteiger partial charge >= 0.3 is 0 Å². The number of benzene rings is 3. The van der Waals surface area contributed by atoms with Gasteiger partial charge < -0.3 is 29.3 Å². The van der Waals surface area contributed by atoms with Gasteiger partial charge in [0.25, 0.3) is 0 Å². The standard InChI is InChI=1S/C26H32N2O5.2ClH/c1-18-14-24(30)21-6-4-5-7-22(21)26(18)33-17-19(29)16-27-10-12-28(13-11-27)23-9-8-20(31-2)15-25(23)32-3;;/h4-9,14-15,19,29-30H,10-13,16-17H2,1-3H3;2*1H. The summed E-state index contributed by atoms with van der Waals surface area (Å²) >= 11 is 0. The fourth-order valence-corrected chi connectivity index (χ4v) is 4.40. The van der Waals surface area contributed by atoms with Crippen molar-refractivity contribution in [3.63, 3.8) is 0 Å². The maximum atomic E-state index is 10.6. The van der Waals surface area contributed by atoms with Crippen LogP contribution in [0.4, 0.5) is 5.69 Å². The molecule has 1 atom stereocenters. The number of fused-ring (bicyclic) bond motifs is 1. The molecule has 1 heterocycles. The minimum absolute atomic E-state index is 0. The lowest BCUT2D eigenvalue weighted by Crippen LogP contribution is -2.49. The quantitative estimate of drug-likeness (QED) is 0.455. The van der Waals surface area contributed by atoms with Crippen molar-refractivity contribution in [3.8, 4) is 23.0 Å². The molecule has 2 N–H and O–H groups in total. The Hall–Kier alpha value is -2.58. The maximum absolute atomic E-state index is 10.6. The first kappa shape index (κ1) is 28.7. The normalized spacial score (nSPS) is 14.6. The van der Waals surface area contributed by atoms with Gasteiger partial charge in [0.05, 0.1) is 19.9 Å². The van der Waals surface area contributed by atoms with Crippen molar-refractivity contribution in [2.75, 3.05) is 58.5 Å². The zero-order valence-corrected chi connectivity index (χ0v) is 21.9. The Kier molecular flexibility index (Phi) is 10.6. The number of hydrogen-bond donors (Lipinski definition) is 2. The zero-order chi connectivity index (χ0) is 23.4. The molecular weight excluding hydrogens is 491 g/mol. The number of phenols is 1. The second-order valence-corrected chi connectivity index (χ2v) is 8.38. The summed E-state index contributed by atoms with van der Waals surface area (Å²) in [6.45, 7) is 6.02. The average molecular weight is 525 g/mol. The number of aliphatic hydroxyl groups excluding tert-OH is 1. The van der Waals surface area contributed by atoms with Crippen LogP contribution in [0.3, 0.4) is 0 Å². The molecule has 0 aliphatic carbocycles. The molecule has 35 heavy (non-hydrogen) atoms. The van der Waals surface area contributed by atoms with Gasteiger partial charge in [0.15, 0.2) is 0 Å². The lowest BCUT2D eigenvalue weighted by Gasteiger charge is -2.37. The summed E-state index contributed by atoms with van der Waals surface area (Å²) < 4.78 is 16.9. The third-order valence-corrected chi connectivity index (χ3v) is 6.15. The summed E-state index contributed by atoms with van der Waals surface area (Å²) in [5.74, 6) is 2.52. The van der Waals surface area contributed by atoms with Crippen LogP contribution in [-0.4, -0.2) is 74.8 Å². The number of rotatable bonds is 8. The molecule has 0 bridgehead atoms. The molecule has 1 fully saturated rings. The fourth-order valence-electron chi connectivity index (χ4n) is 4.40. The first-order chi connectivity index (χ1) is 16.0. The molecule has 192 valence electrons. The maximum Gasteiger partial charge on any atom is 0.145 e. The van der Waals surface area contributed by atoms with Crippen LogP contribution in [0, 0.1) is 6.92 Å². The van der Waals surface area contributed by atoms with Gasteiger partial charge in [0.1, 0.15) is 35.7 Å². The highest BCUT2D eigenvalue weighted by molar-refractivity contribution is 5.94. The Morgan fingerprint density at radius 3 is 2.26 bits per heavy atom. The fraction of sp³-hybridized carbons (Fsp3) is 0.385. The number of piperazine rings is 1. The number of aliphatic hydroxyl groups is 1. The van der Waals surface area contributed by atoms with Gasteiger partial charge in [-0.25, -0.2) is 0 Å². The molecule has 0 radical (unpaired) electrons. The van der Waals surface area contributed by atoms with Gasteiger partial charge in [-0.3, -0.25) is 4.90 Å². The van der Waals surface area contributed by atoms with Gasteiger partial charge in [-0.1, -0.05) is 24.3 Å². The van der Waals surface area contributed by atoms with E-state index in [0.29, 0.717) is 12.3 Å². The van der Waals surface area contributed by atoms with Crippen molar-refractivity contribution in [3.05, 3.63) is 54.1 Å². The summed E-state index contributed by atoms with van der Waals surface area (Å²) in [5, 5.41) is 22.4. The number of β-amino-alcohol motifs (C(OH)–C–C–N with tert-alkyl or cyclic N) is 1. The molecule has 1 unspecified atom stereocenters. The Balaban J connectivity index is 0.00000216. The first-order valence-electron chi connectivity index (χ1n) is 11.2. The van der Waals surface area contributed by atoms with E-state index in [1.807, 2.05) is 49.4 Å². The Morgan fingerprint density at radius 2 is 1.60 bits per heavy atom. The number of hydrogen-bond acceptors (Lipinski definition) is 7. The molecule has 0 saturated carbocycles. The highest BCUT2D eigenvalue weighted by Gasteiger charge is 2.22. The number of ether oxygens (including phenoxy) is 3. The van der Waals surface area contributed by atoms with Crippen LogP contribution in [0.15, 0.2) is 48.5 Å². The van der Waals surface area contributed by atoms with Crippen LogP contribution >= 0.6 is 24.8 Å². The van der Waals surface area contributed by atoms with Crippen molar-refractivity contribution in [1.29, 1.82) is 0 Å². The number of aromatic hydroxyl groups is 1. The van der Waals surface area contributed by atoms with Gasteiger partial charge in [0, 0.05) is 49.6 Å². The van der Waals surface area contributed by atoms with Crippen LogP contribution in [0.1, 0.15) is 5.56 Å². The molecule has 0 spiro atoms. The predicted molar refractivity (Wildman–Crippen MR) is 145 cm³/mol. The van der Waals surface area contributed by atoms with Crippen LogP contribution < -0.4 is 19.1 Å². The predicted octanol–water partition coefficient (Wildman–Crippen LogP) is 4.28. The van der Waals surface area contributed by atoms with Crippen LogP contribution in [-0.2, 0) is 0 Å². The number of phenolic OH excluding ortho intramolecular Hbond substituents is 1. The van der Waals surface area contributed by atoms with E-state index in [0.717, 1.165) is 59.7 Å². The summed E-state index contributed by atoms with van der Waals surface area (Å²) in [5.41, 5.74) is 1.90. The van der Waals surface area contributed by atoms with E-state index >= 15 is 0 Å². The van der Waals surface area contributed by atoms with Crippen molar-refractivity contribution in [2.24, 2.45) is 0 Å². The lowest BCUT2D eigenvalue weighted by atomic mass is 10.0. The molecule has 3 aromatic rings. The molecule has 1 saturated heterocycles. The molecule has 1 aliphatic rings. The van der Waals surface area contributed by atoms with Crippen molar-refractivity contribution in [1.82, 2.24) is 4.90 Å². The topological polar surface area (TPSA) is 74.6 Å². The molecule has 9 heteroatoms. The first-order valence-corrected chi connectivity index (χ1v) is 11.2. The summed E-state index contributed by atoms with van der Waals surface area (Å²) in [7, 11) is 3.32. The van der Waals surface area contributed by atoms with E-state index < -0.39 is 6.10 Å². The minimum Gasteiger partial charge on any atom is -0.507 e. The molecule has 3 aromatic carbocycles. The Labute approximate surface area is 219 Å². The number of aryl methyl sites for hydroxylation is 1. The number of halogens is 2. The third-order valence-electron chi connectivity index (χ3n) is 6.15. The van der Waals surface area contributed by atoms with Crippen LogP contribution in [0.25, 0.3) is 10.8 Å². The smallest absolute Gasteiger partial charge is 0.145 e. The van der Waals surface area contributed by atoms with E-state index in [4.69, 9.17) is 14.2 Å². The number of methoxy groups -OCH3 is 2. The van der Waals surface area contributed by atoms with E-state index in [1.54, 1.807) is 20.3 Å². The summed E-state index contributed by atoms with van der Waals surface area (Å²) in [6, 6.07) is 15.2. The second-order valence-electron chi connectivity index (χ2n) is 8.38. The molecule has 0 amide bonds. The highest BCUT2D eigenvalue weighted by atomic mass is 35.5. The Bertz CT molecular complexity index is 1110. The monoisotopic (exact) mass is 524 g/mol. The zero-order valence-electron chi connectivity index (χ0n) is 20.3. The molecule has 7 nitrogen and oxygen atoms in total. The van der Waals surface area contributed by atoms with Crippen molar-refractivity contribution < 1.29 is 24.4 Å². The van der Waals surface area contributed by atoms with Crippen molar-refractivity contribution >= 4 is 41.3 Å². The average Bonchev–Trinajstić information content (AvgIpc) is 2.84. The largest absolute Gasteiger partial charge is 0.507 e. The minimum atomic E-state index is -0.612. The number of anilines is 1. The third kappa shape index (κ3) is 6.55. The molecule has 0 aromatic heterocycles. The van der Waals surface area contributed by atoms with Crippen LogP contribution in [0.5, 0.6) is 23.0 Å². The molecular formula is C26H34Cl2N2O5. The van der Waals surface area contributed by atoms with Gasteiger partial charge in [-0.05, 0) is 30.7 Å². The van der Waals surface area contributed by atoms with E-state index in [9.17, 15) is 10.2 Å². The number of nitrogens with zero attached hydrogens (tertiary/aromatic N) is 2. The van der Waals surface area contributed by atoms with Gasteiger partial charge in [-0.15, -0.1) is 24.8 Å². The van der Waals surface area contributed by atoms with Gasteiger partial charge in [-0.2, -0.15) is 0 Å². The van der Waals surface area contributed by atoms with Crippen molar-refractivity contribution in [2.45, 2.75) is 13.0 Å². The van der Waals surface area contributed by atoms with Crippen LogP contribution in [0.2, 0.25) is 0 Å². The Morgan fingerprint density at radius 1 is 0.914 bits per heavy atom. The molecule has 4 rings (SSSR count). The molecule has 1 aliphatic heterocycles. The summed E-state index contributed by atoms with van der Waals surface area (Å²) in [6.07, 6.45) is -0.612. The lowest BCUT2D eigenvalue weighted by molar-refractivity contribution is 0.0666.